The van der Waals surface area contributed by atoms with Crippen molar-refractivity contribution >= 4 is 42.8 Å². The van der Waals surface area contributed by atoms with E-state index in [0.717, 1.165) is 0 Å². The van der Waals surface area contributed by atoms with E-state index < -0.39 is 50.5 Å². The van der Waals surface area contributed by atoms with Crippen LogP contribution in [0.2, 0.25) is 5.02 Å². The number of nitrogens with two attached hydrogens (primary N) is 1. The molecule has 0 amide bonds. The van der Waals surface area contributed by atoms with Crippen LogP contribution in [-0.2, 0) is 23.4 Å². The first-order valence-corrected chi connectivity index (χ1v) is 15.0. The van der Waals surface area contributed by atoms with Crippen LogP contribution in [0.1, 0.15) is 57.8 Å². The quantitative estimate of drug-likeness (QED) is 0.257. The third kappa shape index (κ3) is 7.01. The minimum atomic E-state index is -4.44. The summed E-state index contributed by atoms with van der Waals surface area (Å²) in [7, 11) is -4.44. The SMILES string of the molecule is CC(NP(=O)(OC[C@H]1O[C@@H](n2cnc3c2N=C(N)CC3=O)[C@](C)(O)[C@@H]1F)Oc1ccccc1Cl)C(=O)OCC(C)(C)C. The van der Waals surface area contributed by atoms with Gasteiger partial charge in [-0.3, -0.25) is 18.7 Å². The maximum absolute atomic E-state index is 15.6. The second-order valence-electron chi connectivity index (χ2n) is 11.5. The van der Waals surface area contributed by atoms with Crippen LogP contribution in [-0.4, -0.2) is 69.4 Å². The summed E-state index contributed by atoms with van der Waals surface area (Å²) in [6.45, 7) is 7.64. The predicted molar refractivity (Wildman–Crippen MR) is 151 cm³/mol. The van der Waals surface area contributed by atoms with Crippen LogP contribution in [0.15, 0.2) is 35.6 Å². The molecule has 0 saturated carbocycles. The number of halogens is 2. The van der Waals surface area contributed by atoms with E-state index in [1.165, 1.54) is 36.9 Å². The lowest BCUT2D eigenvalue weighted by atomic mass is 9.98. The summed E-state index contributed by atoms with van der Waals surface area (Å²) in [6.07, 6.45) is -3.87. The molecule has 4 rings (SSSR count). The second kappa shape index (κ2) is 12.0. The van der Waals surface area contributed by atoms with Crippen LogP contribution < -0.4 is 15.3 Å². The highest BCUT2D eigenvalue weighted by Crippen LogP contribution is 2.49. The number of aromatic nitrogens is 2. The molecule has 1 aromatic carbocycles. The van der Waals surface area contributed by atoms with Gasteiger partial charge in [0.05, 0.1) is 31.0 Å². The number of hydrogen-bond donors (Lipinski definition) is 3. The number of aliphatic hydroxyl groups is 1. The number of para-hydroxylation sites is 1. The molecule has 2 aromatic rings. The second-order valence-corrected chi connectivity index (χ2v) is 13.6. The smallest absolute Gasteiger partial charge is 0.459 e. The maximum atomic E-state index is 15.6. The molecular formula is C26H34ClFN5O8P. The van der Waals surface area contributed by atoms with Crippen LogP contribution in [0.4, 0.5) is 10.2 Å². The highest BCUT2D eigenvalue weighted by molar-refractivity contribution is 7.52. The summed E-state index contributed by atoms with van der Waals surface area (Å²) in [4.78, 5) is 33.1. The van der Waals surface area contributed by atoms with Gasteiger partial charge in [-0.2, -0.15) is 5.09 Å². The Hall–Kier alpha value is -2.87. The molecule has 6 atom stereocenters. The van der Waals surface area contributed by atoms with Gasteiger partial charge in [0.25, 0.3) is 0 Å². The zero-order chi connectivity index (χ0) is 31.0. The molecular weight excluding hydrogens is 596 g/mol. The lowest BCUT2D eigenvalue weighted by Gasteiger charge is -2.27. The van der Waals surface area contributed by atoms with E-state index in [0.29, 0.717) is 0 Å². The molecule has 42 heavy (non-hydrogen) atoms. The highest BCUT2D eigenvalue weighted by atomic mass is 35.5. The Kier molecular flexibility index (Phi) is 9.17. The number of nitrogens with zero attached hydrogens (tertiary/aromatic N) is 3. The number of hydrogen-bond acceptors (Lipinski definition) is 11. The maximum Gasteiger partial charge on any atom is 0.459 e. The number of carbonyl (C=O) groups excluding carboxylic acids is 2. The molecule has 1 saturated heterocycles. The van der Waals surface area contributed by atoms with Crippen LogP contribution >= 0.6 is 19.3 Å². The van der Waals surface area contributed by atoms with E-state index in [9.17, 15) is 19.3 Å². The van der Waals surface area contributed by atoms with Crippen molar-refractivity contribution in [3.63, 3.8) is 0 Å². The molecule has 4 N–H and O–H groups in total. The van der Waals surface area contributed by atoms with Gasteiger partial charge in [-0.1, -0.05) is 44.5 Å². The number of carbonyl (C=O) groups is 2. The molecule has 2 aliphatic heterocycles. The fourth-order valence-corrected chi connectivity index (χ4v) is 5.97. The summed E-state index contributed by atoms with van der Waals surface area (Å²) in [5, 5.41) is 13.7. The van der Waals surface area contributed by atoms with Gasteiger partial charge in [0, 0.05) is 0 Å². The Morgan fingerprint density at radius 1 is 1.40 bits per heavy atom. The largest absolute Gasteiger partial charge is 0.464 e. The number of Topliss-reactive ketones (excluding diaryl/α,β-unsaturated/α-hetero) is 1. The molecule has 0 aliphatic carbocycles. The highest BCUT2D eigenvalue weighted by Gasteiger charge is 2.56. The van der Waals surface area contributed by atoms with Crippen molar-refractivity contribution in [2.45, 2.75) is 71.2 Å². The summed E-state index contributed by atoms with van der Waals surface area (Å²) >= 11 is 6.18. The first-order chi connectivity index (χ1) is 19.5. The number of amidine groups is 1. The van der Waals surface area contributed by atoms with Crippen molar-refractivity contribution in [1.82, 2.24) is 14.6 Å². The Morgan fingerprint density at radius 3 is 2.76 bits per heavy atom. The normalized spacial score (nSPS) is 26.2. The number of esters is 1. The van der Waals surface area contributed by atoms with Gasteiger partial charge in [-0.15, -0.1) is 0 Å². The van der Waals surface area contributed by atoms with E-state index in [1.807, 2.05) is 20.8 Å². The van der Waals surface area contributed by atoms with E-state index in [2.05, 4.69) is 15.1 Å². The van der Waals surface area contributed by atoms with Crippen LogP contribution in [0.3, 0.4) is 0 Å². The van der Waals surface area contributed by atoms with Crippen molar-refractivity contribution < 1.29 is 42.2 Å². The molecule has 2 unspecified atom stereocenters. The van der Waals surface area contributed by atoms with E-state index in [-0.39, 0.29) is 52.3 Å². The molecule has 0 bridgehead atoms. The minimum absolute atomic E-state index is 0.00730. The molecule has 13 nitrogen and oxygen atoms in total. The fraction of sp³-hybridized carbons (Fsp3) is 0.538. The van der Waals surface area contributed by atoms with Gasteiger partial charge in [-0.25, -0.2) is 18.9 Å². The molecule has 2 aliphatic rings. The van der Waals surface area contributed by atoms with Crippen LogP contribution in [0.5, 0.6) is 5.75 Å². The molecule has 16 heteroatoms. The van der Waals surface area contributed by atoms with Crippen molar-refractivity contribution in [2.75, 3.05) is 13.2 Å². The number of alkyl halides is 1. The van der Waals surface area contributed by atoms with Crippen LogP contribution in [0, 0.1) is 5.41 Å². The summed E-state index contributed by atoms with van der Waals surface area (Å²) in [5.74, 6) is -1.09. The zero-order valence-corrected chi connectivity index (χ0v) is 25.4. The Morgan fingerprint density at radius 2 is 2.10 bits per heavy atom. The number of ether oxygens (including phenoxy) is 2. The number of rotatable bonds is 10. The van der Waals surface area contributed by atoms with Crippen molar-refractivity contribution in [1.29, 1.82) is 0 Å². The number of benzene rings is 1. The molecule has 3 heterocycles. The summed E-state index contributed by atoms with van der Waals surface area (Å²) in [5.41, 5.74) is 3.30. The van der Waals surface area contributed by atoms with Gasteiger partial charge in [0.15, 0.2) is 29.7 Å². The first-order valence-electron chi connectivity index (χ1n) is 13.1. The lowest BCUT2D eigenvalue weighted by molar-refractivity contribution is -0.148. The average Bonchev–Trinajstić information content (AvgIpc) is 3.40. The summed E-state index contributed by atoms with van der Waals surface area (Å²) < 4.78 is 53.0. The van der Waals surface area contributed by atoms with Crippen LogP contribution in [0.25, 0.3) is 0 Å². The van der Waals surface area contributed by atoms with Gasteiger partial charge in [-0.05, 0) is 31.4 Å². The number of imidazole rings is 1. The summed E-state index contributed by atoms with van der Waals surface area (Å²) in [6, 6.07) is 4.97. The number of nitrogens with one attached hydrogen (secondary N) is 1. The fourth-order valence-electron chi connectivity index (χ4n) is 4.23. The number of aliphatic imine (C=N–C) groups is 1. The first kappa shape index (κ1) is 32.1. The third-order valence-corrected chi connectivity index (χ3v) is 8.32. The average molecular weight is 630 g/mol. The Bertz CT molecular complexity index is 1430. The van der Waals surface area contributed by atoms with E-state index in [4.69, 9.17) is 35.9 Å². The third-order valence-electron chi connectivity index (χ3n) is 6.38. The molecule has 0 spiro atoms. The van der Waals surface area contributed by atoms with Gasteiger partial charge in [0.2, 0.25) is 0 Å². The standard InChI is InChI=1S/C26H34ClFN5O8P/c1-14(23(35)38-12-25(2,3)4)32-42(37,41-17-9-7-6-8-15(17)27)39-11-18-21(28)26(5,36)24(40-18)33-13-30-20-16(34)10-19(29)31-22(20)33/h6-9,13-14,18,21,24,36H,10-12H2,1-5H3,(H2,29,31)(H,32,37)/t14?,18-,21-,24-,26-,42?/m1/s1. The molecule has 230 valence electrons. The molecule has 0 radical (unpaired) electrons. The molecule has 1 aromatic heterocycles. The lowest BCUT2D eigenvalue weighted by Crippen LogP contribution is -2.42. The van der Waals surface area contributed by atoms with E-state index in [1.54, 1.807) is 12.1 Å². The molecule has 1 fully saturated rings. The van der Waals surface area contributed by atoms with Gasteiger partial charge >= 0.3 is 13.7 Å². The topological polar surface area (TPSA) is 177 Å². The minimum Gasteiger partial charge on any atom is -0.464 e. The Labute approximate surface area is 247 Å². The van der Waals surface area contributed by atoms with Crippen molar-refractivity contribution in [3.05, 3.63) is 41.3 Å². The van der Waals surface area contributed by atoms with E-state index >= 15 is 4.39 Å². The van der Waals surface area contributed by atoms with Crippen molar-refractivity contribution in [3.8, 4) is 5.75 Å². The predicted octanol–water partition coefficient (Wildman–Crippen LogP) is 3.87. The monoisotopic (exact) mass is 629 g/mol. The van der Waals surface area contributed by atoms with Crippen molar-refractivity contribution in [2.24, 2.45) is 16.1 Å². The number of fused-ring (bicyclic) bond motifs is 1. The van der Waals surface area contributed by atoms with Gasteiger partial charge in [0.1, 0.15) is 29.3 Å². The Balaban J connectivity index is 1.54. The van der Waals surface area contributed by atoms with Gasteiger partial charge < -0.3 is 24.8 Å². The number of ketones is 1. The zero-order valence-electron chi connectivity index (χ0n) is 23.7.